The summed E-state index contributed by atoms with van der Waals surface area (Å²) in [4.78, 5) is 28.6. The molecule has 1 fully saturated rings. The van der Waals surface area contributed by atoms with E-state index in [1.54, 1.807) is 32.0 Å². The standard InChI is InChI=1S/C25H23F3N2O3/c1-24(2)22(31)30(19-11-8-10-18(15-19)25(26,27)28)23(32)29(24)16-17-9-6-7-14-21(17)33-20-12-4-3-5-13-20/h3-12,14-15,20H,13,16H2,1-2H3. The van der Waals surface area contributed by atoms with Gasteiger partial charge >= 0.3 is 12.2 Å². The first kappa shape index (κ1) is 22.6. The van der Waals surface area contributed by atoms with Crippen molar-refractivity contribution in [3.8, 4) is 5.75 Å². The van der Waals surface area contributed by atoms with Crippen LogP contribution < -0.4 is 9.64 Å². The predicted molar refractivity (Wildman–Crippen MR) is 118 cm³/mol. The van der Waals surface area contributed by atoms with E-state index in [9.17, 15) is 22.8 Å². The fraction of sp³-hybridized carbons (Fsp3) is 0.280. The molecule has 1 atom stereocenters. The van der Waals surface area contributed by atoms with Gasteiger partial charge in [0.15, 0.2) is 0 Å². The molecule has 1 unspecified atom stereocenters. The van der Waals surface area contributed by atoms with Crippen molar-refractivity contribution in [2.24, 2.45) is 0 Å². The quantitative estimate of drug-likeness (QED) is 0.541. The molecule has 0 N–H and O–H groups in total. The second kappa shape index (κ2) is 8.42. The van der Waals surface area contributed by atoms with E-state index < -0.39 is 29.2 Å². The molecule has 0 aromatic heterocycles. The normalized spacial score (nSPS) is 20.0. The van der Waals surface area contributed by atoms with Crippen LogP contribution in [0.2, 0.25) is 0 Å². The van der Waals surface area contributed by atoms with Crippen LogP contribution in [0.25, 0.3) is 0 Å². The number of rotatable bonds is 5. The van der Waals surface area contributed by atoms with E-state index in [1.165, 1.54) is 17.0 Å². The zero-order valence-corrected chi connectivity index (χ0v) is 18.2. The first-order valence-electron chi connectivity index (χ1n) is 10.5. The van der Waals surface area contributed by atoms with Crippen molar-refractivity contribution in [2.75, 3.05) is 4.90 Å². The molecule has 33 heavy (non-hydrogen) atoms. The third-order valence-electron chi connectivity index (χ3n) is 5.78. The highest BCUT2D eigenvalue weighted by atomic mass is 19.4. The second-order valence-corrected chi connectivity index (χ2v) is 8.43. The number of para-hydroxylation sites is 1. The number of hydrogen-bond donors (Lipinski definition) is 0. The number of urea groups is 1. The van der Waals surface area contributed by atoms with Gasteiger partial charge in [-0.3, -0.25) is 4.79 Å². The molecule has 1 aliphatic carbocycles. The topological polar surface area (TPSA) is 49.9 Å². The Morgan fingerprint density at radius 2 is 1.82 bits per heavy atom. The van der Waals surface area contributed by atoms with Crippen LogP contribution in [-0.2, 0) is 17.5 Å². The average molecular weight is 456 g/mol. The molecule has 1 saturated heterocycles. The number of halogens is 3. The Balaban J connectivity index is 1.62. The second-order valence-electron chi connectivity index (χ2n) is 8.43. The Labute approximate surface area is 189 Å². The third-order valence-corrected chi connectivity index (χ3v) is 5.78. The predicted octanol–water partition coefficient (Wildman–Crippen LogP) is 5.72. The van der Waals surface area contributed by atoms with Crippen LogP contribution in [-0.4, -0.2) is 28.5 Å². The Hall–Kier alpha value is -3.55. The molecule has 5 nitrogen and oxygen atoms in total. The number of benzene rings is 2. The number of carbonyl (C=O) groups excluding carboxylic acids is 2. The molecule has 2 aliphatic rings. The summed E-state index contributed by atoms with van der Waals surface area (Å²) in [5.74, 6) is -0.0124. The van der Waals surface area contributed by atoms with Gasteiger partial charge in [-0.05, 0) is 44.2 Å². The van der Waals surface area contributed by atoms with Gasteiger partial charge in [0.05, 0.1) is 17.8 Å². The molecule has 172 valence electrons. The van der Waals surface area contributed by atoms with Crippen molar-refractivity contribution >= 4 is 17.6 Å². The maximum atomic E-state index is 13.3. The van der Waals surface area contributed by atoms with Gasteiger partial charge in [-0.25, -0.2) is 9.69 Å². The molecule has 3 amide bonds. The molecule has 2 aromatic carbocycles. The molecule has 1 heterocycles. The number of nitrogens with zero attached hydrogens (tertiary/aromatic N) is 2. The highest BCUT2D eigenvalue weighted by Crippen LogP contribution is 2.37. The highest BCUT2D eigenvalue weighted by Gasteiger charge is 2.52. The molecular weight excluding hydrogens is 433 g/mol. The van der Waals surface area contributed by atoms with Crippen LogP contribution >= 0.6 is 0 Å². The number of hydrogen-bond acceptors (Lipinski definition) is 3. The van der Waals surface area contributed by atoms with Crippen LogP contribution in [0, 0.1) is 0 Å². The zero-order chi connectivity index (χ0) is 23.8. The summed E-state index contributed by atoms with van der Waals surface area (Å²) >= 11 is 0. The van der Waals surface area contributed by atoms with Crippen molar-refractivity contribution in [3.05, 3.63) is 84.0 Å². The van der Waals surface area contributed by atoms with E-state index in [2.05, 4.69) is 0 Å². The maximum absolute atomic E-state index is 13.3. The largest absolute Gasteiger partial charge is 0.486 e. The van der Waals surface area contributed by atoms with Crippen LogP contribution in [0.1, 0.15) is 31.4 Å². The maximum Gasteiger partial charge on any atom is 0.416 e. The summed E-state index contributed by atoms with van der Waals surface area (Å²) in [6.07, 6.45) is 3.73. The molecule has 0 saturated carbocycles. The number of amides is 3. The Morgan fingerprint density at radius 1 is 1.06 bits per heavy atom. The lowest BCUT2D eigenvalue weighted by atomic mass is 10.0. The molecule has 8 heteroatoms. The molecule has 0 bridgehead atoms. The van der Waals surface area contributed by atoms with Gasteiger partial charge in [-0.2, -0.15) is 13.2 Å². The number of allylic oxidation sites excluding steroid dienone is 2. The minimum atomic E-state index is -4.59. The van der Waals surface area contributed by atoms with Crippen molar-refractivity contribution in [1.29, 1.82) is 0 Å². The monoisotopic (exact) mass is 456 g/mol. The van der Waals surface area contributed by atoms with E-state index in [-0.39, 0.29) is 18.3 Å². The summed E-state index contributed by atoms with van der Waals surface area (Å²) in [7, 11) is 0. The van der Waals surface area contributed by atoms with Gasteiger partial charge in [-0.15, -0.1) is 0 Å². The van der Waals surface area contributed by atoms with Crippen LogP contribution in [0.5, 0.6) is 5.75 Å². The van der Waals surface area contributed by atoms with Crippen molar-refractivity contribution in [2.45, 2.75) is 44.6 Å². The van der Waals surface area contributed by atoms with Gasteiger partial charge in [0.2, 0.25) is 0 Å². The smallest absolute Gasteiger partial charge is 0.416 e. The van der Waals surface area contributed by atoms with E-state index in [0.717, 1.165) is 17.0 Å². The Kier molecular flexibility index (Phi) is 5.78. The third kappa shape index (κ3) is 4.37. The number of ether oxygens (including phenoxy) is 1. The molecule has 2 aromatic rings. The van der Waals surface area contributed by atoms with Gasteiger partial charge in [0.25, 0.3) is 5.91 Å². The first-order valence-corrected chi connectivity index (χ1v) is 10.5. The number of imide groups is 1. The average Bonchev–Trinajstić information content (AvgIpc) is 2.94. The Morgan fingerprint density at radius 3 is 2.52 bits per heavy atom. The van der Waals surface area contributed by atoms with Crippen molar-refractivity contribution in [3.63, 3.8) is 0 Å². The van der Waals surface area contributed by atoms with Gasteiger partial charge in [0.1, 0.15) is 17.4 Å². The van der Waals surface area contributed by atoms with Crippen LogP contribution in [0.15, 0.2) is 72.8 Å². The highest BCUT2D eigenvalue weighted by molar-refractivity contribution is 6.23. The molecule has 4 rings (SSSR count). The molecule has 0 radical (unpaired) electrons. The minimum absolute atomic E-state index is 0.0650. The van der Waals surface area contributed by atoms with Gasteiger partial charge in [0, 0.05) is 12.0 Å². The summed E-state index contributed by atoms with van der Waals surface area (Å²) in [6, 6.07) is 10.8. The fourth-order valence-corrected chi connectivity index (χ4v) is 3.88. The summed E-state index contributed by atoms with van der Waals surface area (Å²) < 4.78 is 45.6. The van der Waals surface area contributed by atoms with E-state index in [1.807, 2.05) is 30.4 Å². The van der Waals surface area contributed by atoms with E-state index in [4.69, 9.17) is 4.74 Å². The minimum Gasteiger partial charge on any atom is -0.486 e. The lowest BCUT2D eigenvalue weighted by molar-refractivity contribution is -0.137. The molecular formula is C25H23F3N2O3. The summed E-state index contributed by atoms with van der Waals surface area (Å²) in [5, 5.41) is 0. The number of carbonyl (C=O) groups is 2. The summed E-state index contributed by atoms with van der Waals surface area (Å²) in [6.45, 7) is 3.23. The van der Waals surface area contributed by atoms with Crippen molar-refractivity contribution in [1.82, 2.24) is 4.90 Å². The molecule has 0 spiro atoms. The summed E-state index contributed by atoms with van der Waals surface area (Å²) in [5.41, 5.74) is -1.60. The van der Waals surface area contributed by atoms with Crippen molar-refractivity contribution < 1.29 is 27.5 Å². The lowest BCUT2D eigenvalue weighted by Crippen LogP contribution is -2.43. The van der Waals surface area contributed by atoms with E-state index >= 15 is 0 Å². The first-order chi connectivity index (χ1) is 15.6. The zero-order valence-electron chi connectivity index (χ0n) is 18.2. The lowest BCUT2D eigenvalue weighted by Gasteiger charge is -2.29. The Bertz CT molecular complexity index is 1140. The van der Waals surface area contributed by atoms with Crippen LogP contribution in [0.4, 0.5) is 23.7 Å². The van der Waals surface area contributed by atoms with Crippen LogP contribution in [0.3, 0.4) is 0 Å². The SMILES string of the molecule is CC1(C)C(=O)N(c2cccc(C(F)(F)F)c2)C(=O)N1Cc1ccccc1OC1C=CC=CC1. The number of anilines is 1. The number of alkyl halides is 3. The van der Waals surface area contributed by atoms with E-state index in [0.29, 0.717) is 17.7 Å². The van der Waals surface area contributed by atoms with Gasteiger partial charge < -0.3 is 9.64 Å². The fourth-order valence-electron chi connectivity index (χ4n) is 3.88. The van der Waals surface area contributed by atoms with Gasteiger partial charge in [-0.1, -0.05) is 42.5 Å². The molecule has 1 aliphatic heterocycles.